The van der Waals surface area contributed by atoms with E-state index in [1.54, 1.807) is 22.9 Å². The largest absolute Gasteiger partial charge is 0.375 e. The Morgan fingerprint density at radius 2 is 2.17 bits per heavy atom. The van der Waals surface area contributed by atoms with Crippen molar-refractivity contribution >= 4 is 45.2 Å². The lowest BCUT2D eigenvalue weighted by Crippen LogP contribution is -2.28. The van der Waals surface area contributed by atoms with Crippen LogP contribution in [0, 0.1) is 0 Å². The van der Waals surface area contributed by atoms with Crippen molar-refractivity contribution in [2.24, 2.45) is 0 Å². The Bertz CT molecular complexity index is 885. The molecule has 0 radical (unpaired) electrons. The van der Waals surface area contributed by atoms with Gasteiger partial charge >= 0.3 is 0 Å². The molecular weight excluding hydrogens is 314 g/mol. The van der Waals surface area contributed by atoms with Gasteiger partial charge in [0.15, 0.2) is 5.65 Å². The smallest absolute Gasteiger partial charge is 0.256 e. The molecule has 0 atom stereocenters. The first-order chi connectivity index (χ1) is 11.2. The Morgan fingerprint density at radius 1 is 1.30 bits per heavy atom. The number of aromatic nitrogens is 3. The summed E-state index contributed by atoms with van der Waals surface area (Å²) >= 11 is 1.60. The number of thiophene rings is 1. The van der Waals surface area contributed by atoms with Crippen LogP contribution in [0.15, 0.2) is 23.7 Å². The second kappa shape index (κ2) is 5.43. The summed E-state index contributed by atoms with van der Waals surface area (Å²) < 4.78 is 1.62. The van der Waals surface area contributed by atoms with E-state index in [1.165, 1.54) is 6.20 Å². The molecule has 8 nitrogen and oxygen atoms in total. The molecule has 0 spiro atoms. The van der Waals surface area contributed by atoms with Gasteiger partial charge in [0, 0.05) is 31.6 Å². The fourth-order valence-electron chi connectivity index (χ4n) is 2.46. The first-order valence-electron chi connectivity index (χ1n) is 7.19. The van der Waals surface area contributed by atoms with Crippen LogP contribution in [0.1, 0.15) is 10.4 Å². The molecule has 9 heteroatoms. The molecule has 1 aliphatic rings. The van der Waals surface area contributed by atoms with Gasteiger partial charge in [0.05, 0.1) is 16.9 Å². The third-order valence-corrected chi connectivity index (χ3v) is 4.44. The zero-order chi connectivity index (χ0) is 15.8. The normalized spacial score (nSPS) is 14.2. The highest BCUT2D eigenvalue weighted by Crippen LogP contribution is 2.28. The summed E-state index contributed by atoms with van der Waals surface area (Å²) in [5.41, 5.74) is 1.92. The molecule has 4 bridgehead atoms. The van der Waals surface area contributed by atoms with Crippen LogP contribution in [0.4, 0.5) is 22.3 Å². The van der Waals surface area contributed by atoms with Crippen molar-refractivity contribution in [3.05, 3.63) is 29.3 Å². The van der Waals surface area contributed by atoms with E-state index in [0.717, 1.165) is 16.5 Å². The highest BCUT2D eigenvalue weighted by atomic mass is 32.1. The second-order valence-corrected chi connectivity index (χ2v) is 5.99. The van der Waals surface area contributed by atoms with Crippen LogP contribution in [-0.2, 0) is 0 Å². The fourth-order valence-corrected chi connectivity index (χ4v) is 3.23. The molecule has 4 heterocycles. The molecule has 3 aromatic heterocycles. The summed E-state index contributed by atoms with van der Waals surface area (Å²) in [4.78, 5) is 16.9. The number of carbonyl (C=O) groups excluding carboxylic acids is 1. The third-order valence-electron chi connectivity index (χ3n) is 3.55. The van der Waals surface area contributed by atoms with Crippen molar-refractivity contribution in [2.45, 2.75) is 0 Å². The number of hydrogen-bond donors (Lipinski definition) is 4. The molecule has 23 heavy (non-hydrogen) atoms. The van der Waals surface area contributed by atoms with Gasteiger partial charge in [0.2, 0.25) is 0 Å². The van der Waals surface area contributed by atoms with E-state index >= 15 is 0 Å². The number of nitrogens with one attached hydrogen (secondary N) is 4. The molecule has 3 aromatic rings. The highest BCUT2D eigenvalue weighted by Gasteiger charge is 2.17. The average molecular weight is 329 g/mol. The molecule has 1 aliphatic heterocycles. The van der Waals surface area contributed by atoms with E-state index in [4.69, 9.17) is 0 Å². The highest BCUT2D eigenvalue weighted by molar-refractivity contribution is 7.14. The van der Waals surface area contributed by atoms with Crippen molar-refractivity contribution in [2.75, 3.05) is 36.1 Å². The maximum absolute atomic E-state index is 12.4. The molecule has 0 aromatic carbocycles. The summed E-state index contributed by atoms with van der Waals surface area (Å²) in [5, 5.41) is 19.8. The van der Waals surface area contributed by atoms with E-state index in [-0.39, 0.29) is 5.91 Å². The molecule has 0 fully saturated rings. The van der Waals surface area contributed by atoms with Gasteiger partial charge in [-0.1, -0.05) is 0 Å². The van der Waals surface area contributed by atoms with Gasteiger partial charge in [-0.2, -0.15) is 9.61 Å². The van der Waals surface area contributed by atoms with Crippen LogP contribution in [0.5, 0.6) is 0 Å². The number of nitrogens with zero attached hydrogens (tertiary/aromatic N) is 3. The third kappa shape index (κ3) is 2.44. The predicted molar refractivity (Wildman–Crippen MR) is 91.0 cm³/mol. The Labute approximate surface area is 135 Å². The number of anilines is 4. The number of amides is 1. The lowest BCUT2D eigenvalue weighted by Gasteiger charge is -2.09. The van der Waals surface area contributed by atoms with Crippen LogP contribution in [0.3, 0.4) is 0 Å². The van der Waals surface area contributed by atoms with Crippen molar-refractivity contribution in [1.82, 2.24) is 19.9 Å². The lowest BCUT2D eigenvalue weighted by molar-refractivity contribution is 0.0956. The van der Waals surface area contributed by atoms with Crippen molar-refractivity contribution in [3.63, 3.8) is 0 Å². The molecule has 1 amide bonds. The van der Waals surface area contributed by atoms with Crippen LogP contribution in [-0.4, -0.2) is 40.6 Å². The minimum atomic E-state index is -0.182. The van der Waals surface area contributed by atoms with E-state index in [2.05, 4.69) is 31.3 Å². The molecule has 0 saturated carbocycles. The SMILES string of the molecule is CNc1cc2nc3c(cnn13)C(=O)NCCNc1cc(cs1)N2. The van der Waals surface area contributed by atoms with Gasteiger partial charge in [0.25, 0.3) is 5.91 Å². The van der Waals surface area contributed by atoms with Gasteiger partial charge in [0.1, 0.15) is 17.2 Å². The summed E-state index contributed by atoms with van der Waals surface area (Å²) in [6.45, 7) is 1.18. The van der Waals surface area contributed by atoms with E-state index in [9.17, 15) is 4.79 Å². The number of rotatable bonds is 1. The number of hydrogen-bond acceptors (Lipinski definition) is 7. The number of fused-ring (bicyclic) bond motifs is 3. The molecule has 4 N–H and O–H groups in total. The van der Waals surface area contributed by atoms with Crippen LogP contribution in [0.2, 0.25) is 0 Å². The molecular formula is C14H15N7OS. The lowest BCUT2D eigenvalue weighted by atomic mass is 10.3. The zero-order valence-corrected chi connectivity index (χ0v) is 13.2. The summed E-state index contributed by atoms with van der Waals surface area (Å²) in [7, 11) is 1.81. The summed E-state index contributed by atoms with van der Waals surface area (Å²) in [5.74, 6) is 1.22. The Morgan fingerprint density at radius 3 is 3.04 bits per heavy atom. The van der Waals surface area contributed by atoms with E-state index in [1.807, 2.05) is 17.5 Å². The second-order valence-electron chi connectivity index (χ2n) is 5.08. The zero-order valence-electron chi connectivity index (χ0n) is 12.4. The summed E-state index contributed by atoms with van der Waals surface area (Å²) in [6.07, 6.45) is 1.54. The first-order valence-corrected chi connectivity index (χ1v) is 8.07. The Kier molecular flexibility index (Phi) is 3.27. The van der Waals surface area contributed by atoms with E-state index in [0.29, 0.717) is 30.1 Å². The van der Waals surface area contributed by atoms with E-state index < -0.39 is 0 Å². The predicted octanol–water partition coefficient (Wildman–Crippen LogP) is 1.73. The quantitative estimate of drug-likeness (QED) is 0.543. The van der Waals surface area contributed by atoms with Crippen molar-refractivity contribution in [1.29, 1.82) is 0 Å². The van der Waals surface area contributed by atoms with Gasteiger partial charge in [-0.15, -0.1) is 11.3 Å². The van der Waals surface area contributed by atoms with Crippen LogP contribution < -0.4 is 21.3 Å². The molecule has 0 aliphatic carbocycles. The van der Waals surface area contributed by atoms with Gasteiger partial charge in [-0.25, -0.2) is 4.98 Å². The molecule has 4 rings (SSSR count). The van der Waals surface area contributed by atoms with Crippen LogP contribution in [0.25, 0.3) is 5.65 Å². The van der Waals surface area contributed by atoms with Crippen molar-refractivity contribution in [3.8, 4) is 0 Å². The topological polar surface area (TPSA) is 95.4 Å². The Balaban J connectivity index is 1.88. The maximum Gasteiger partial charge on any atom is 0.256 e. The average Bonchev–Trinajstić information content (AvgIpc) is 3.17. The fraction of sp³-hybridized carbons (Fsp3) is 0.214. The molecule has 0 saturated heterocycles. The number of carbonyl (C=O) groups is 1. The maximum atomic E-state index is 12.4. The first kappa shape index (κ1) is 13.8. The van der Waals surface area contributed by atoms with Gasteiger partial charge in [-0.3, -0.25) is 4.79 Å². The van der Waals surface area contributed by atoms with Gasteiger partial charge in [-0.05, 0) is 6.07 Å². The van der Waals surface area contributed by atoms with Crippen molar-refractivity contribution < 1.29 is 4.79 Å². The Hall–Kier alpha value is -2.81. The van der Waals surface area contributed by atoms with Crippen LogP contribution >= 0.6 is 11.3 Å². The van der Waals surface area contributed by atoms with Gasteiger partial charge < -0.3 is 21.3 Å². The monoisotopic (exact) mass is 329 g/mol. The molecule has 0 unspecified atom stereocenters. The summed E-state index contributed by atoms with van der Waals surface area (Å²) in [6, 6.07) is 3.87. The minimum absolute atomic E-state index is 0.182. The standard InChI is InChI=1S/C14H15N7OS/c1-15-11-5-10-19-8-4-12(23-7-8)16-2-3-17-14(22)9-6-18-21(11)13(9)20-10/h4-7,15-16H,2-3H2,1H3,(H,17,22)(H,19,20). The minimum Gasteiger partial charge on any atom is -0.375 e. The molecule has 118 valence electrons.